The summed E-state index contributed by atoms with van der Waals surface area (Å²) in [6, 6.07) is 2.00. The third-order valence-electron chi connectivity index (χ3n) is 1.50. The van der Waals surface area contributed by atoms with Gasteiger partial charge in [-0.05, 0) is 12.1 Å². The second kappa shape index (κ2) is 3.22. The summed E-state index contributed by atoms with van der Waals surface area (Å²) in [6.45, 7) is 0. The minimum atomic E-state index is -1.23. The molecule has 0 aliphatic carbocycles. The Labute approximate surface area is 73.8 Å². The van der Waals surface area contributed by atoms with Crippen molar-refractivity contribution < 1.29 is 24.9 Å². The number of phenols is 2. The Hall–Kier alpha value is -1.91. The van der Waals surface area contributed by atoms with Crippen LogP contribution in [0.15, 0.2) is 12.1 Å². The number of rotatable bonds is 2. The zero-order valence-electron chi connectivity index (χ0n) is 6.81. The van der Waals surface area contributed by atoms with Gasteiger partial charge in [0.1, 0.15) is 0 Å². The average Bonchev–Trinajstić information content (AvgIpc) is 2.03. The highest BCUT2D eigenvalue weighted by atomic mass is 16.5. The van der Waals surface area contributed by atoms with Crippen LogP contribution < -0.4 is 4.74 Å². The largest absolute Gasteiger partial charge is 0.504 e. The van der Waals surface area contributed by atoms with Crippen molar-refractivity contribution >= 4 is 5.97 Å². The second-order valence-electron chi connectivity index (χ2n) is 2.35. The first-order valence-electron chi connectivity index (χ1n) is 3.39. The van der Waals surface area contributed by atoms with Crippen molar-refractivity contribution in [2.24, 2.45) is 0 Å². The molecule has 3 N–H and O–H groups in total. The number of carbonyl (C=O) groups is 1. The molecule has 13 heavy (non-hydrogen) atoms. The highest BCUT2D eigenvalue weighted by Crippen LogP contribution is 2.36. The van der Waals surface area contributed by atoms with Gasteiger partial charge in [-0.1, -0.05) is 0 Å². The number of hydrogen-bond donors (Lipinski definition) is 3. The van der Waals surface area contributed by atoms with Gasteiger partial charge in [-0.25, -0.2) is 4.79 Å². The minimum absolute atomic E-state index is 0.134. The van der Waals surface area contributed by atoms with E-state index in [0.717, 1.165) is 12.1 Å². The van der Waals surface area contributed by atoms with E-state index < -0.39 is 17.5 Å². The van der Waals surface area contributed by atoms with Crippen molar-refractivity contribution in [1.82, 2.24) is 0 Å². The van der Waals surface area contributed by atoms with Crippen LogP contribution in [0.25, 0.3) is 0 Å². The number of phenolic OH excluding ortho intramolecular Hbond substituents is 2. The Bertz CT molecular complexity index is 321. The molecule has 0 heterocycles. The molecule has 0 bridgehead atoms. The van der Waals surface area contributed by atoms with E-state index in [1.54, 1.807) is 0 Å². The smallest absolute Gasteiger partial charge is 0.335 e. The molecule has 0 saturated carbocycles. The van der Waals surface area contributed by atoms with Gasteiger partial charge in [-0.15, -0.1) is 0 Å². The van der Waals surface area contributed by atoms with Crippen LogP contribution in [0.3, 0.4) is 0 Å². The fourth-order valence-corrected chi connectivity index (χ4v) is 0.931. The van der Waals surface area contributed by atoms with Crippen molar-refractivity contribution in [2.45, 2.75) is 0 Å². The number of benzene rings is 1. The van der Waals surface area contributed by atoms with Gasteiger partial charge < -0.3 is 20.1 Å². The van der Waals surface area contributed by atoms with E-state index in [4.69, 9.17) is 5.11 Å². The van der Waals surface area contributed by atoms with E-state index in [1.165, 1.54) is 7.11 Å². The normalized spacial score (nSPS) is 9.62. The summed E-state index contributed by atoms with van der Waals surface area (Å²) in [6.07, 6.45) is 0. The Balaban J connectivity index is 3.28. The Morgan fingerprint density at radius 3 is 2.08 bits per heavy atom. The van der Waals surface area contributed by atoms with Gasteiger partial charge in [0.15, 0.2) is 11.5 Å². The van der Waals surface area contributed by atoms with Gasteiger partial charge in [-0.2, -0.15) is 0 Å². The highest BCUT2D eigenvalue weighted by Gasteiger charge is 2.13. The molecule has 5 nitrogen and oxygen atoms in total. The highest BCUT2D eigenvalue weighted by molar-refractivity contribution is 5.89. The lowest BCUT2D eigenvalue weighted by molar-refractivity contribution is 0.0696. The van der Waals surface area contributed by atoms with Crippen molar-refractivity contribution in [3.05, 3.63) is 17.7 Å². The van der Waals surface area contributed by atoms with E-state index in [2.05, 4.69) is 4.74 Å². The molecule has 0 saturated heterocycles. The minimum Gasteiger partial charge on any atom is -0.504 e. The lowest BCUT2D eigenvalue weighted by Gasteiger charge is -2.06. The fraction of sp³-hybridized carbons (Fsp3) is 0.125. The van der Waals surface area contributed by atoms with Crippen LogP contribution >= 0.6 is 0 Å². The first-order chi connectivity index (χ1) is 6.06. The van der Waals surface area contributed by atoms with Crippen LogP contribution in [0.5, 0.6) is 17.2 Å². The van der Waals surface area contributed by atoms with Crippen LogP contribution in [0, 0.1) is 0 Å². The number of carboxylic acid groups (broad SMARTS) is 1. The number of methoxy groups -OCH3 is 1. The van der Waals surface area contributed by atoms with E-state index in [0.29, 0.717) is 0 Å². The number of aromatic hydroxyl groups is 2. The summed E-state index contributed by atoms with van der Waals surface area (Å²) in [4.78, 5) is 10.4. The van der Waals surface area contributed by atoms with Gasteiger partial charge in [0, 0.05) is 0 Å². The standard InChI is InChI=1S/C8H8O5/c1-13-7-5(9)2-4(8(11)12)3-6(7)10/h2-3,9-10H,1H3,(H,11,12). The molecule has 1 aromatic carbocycles. The topological polar surface area (TPSA) is 87.0 Å². The van der Waals surface area contributed by atoms with E-state index in [9.17, 15) is 15.0 Å². The lowest BCUT2D eigenvalue weighted by atomic mass is 10.2. The SMILES string of the molecule is COc1c(O)cc(C(=O)O)cc1O. The first kappa shape index (κ1) is 9.18. The monoisotopic (exact) mass is 184 g/mol. The summed E-state index contributed by atoms with van der Waals surface area (Å²) in [7, 11) is 1.26. The summed E-state index contributed by atoms with van der Waals surface area (Å²) in [5.74, 6) is -2.17. The molecule has 1 aromatic rings. The predicted octanol–water partition coefficient (Wildman–Crippen LogP) is 0.805. The molecule has 0 fully saturated rings. The molecular weight excluding hydrogens is 176 g/mol. The van der Waals surface area contributed by atoms with Crippen molar-refractivity contribution in [3.63, 3.8) is 0 Å². The molecule has 70 valence electrons. The van der Waals surface area contributed by atoms with E-state index in [-0.39, 0.29) is 11.3 Å². The van der Waals surface area contributed by atoms with Gasteiger partial charge in [0.25, 0.3) is 0 Å². The summed E-state index contributed by atoms with van der Waals surface area (Å²) < 4.78 is 4.62. The lowest BCUT2D eigenvalue weighted by Crippen LogP contribution is -1.96. The average molecular weight is 184 g/mol. The molecular formula is C8H8O5. The second-order valence-corrected chi connectivity index (χ2v) is 2.35. The first-order valence-corrected chi connectivity index (χ1v) is 3.39. The maximum absolute atomic E-state index is 10.4. The molecule has 0 aliphatic heterocycles. The third-order valence-corrected chi connectivity index (χ3v) is 1.50. The molecule has 0 aliphatic rings. The van der Waals surface area contributed by atoms with Gasteiger partial charge in [0.2, 0.25) is 5.75 Å². The van der Waals surface area contributed by atoms with Crippen LogP contribution in [0.2, 0.25) is 0 Å². The predicted molar refractivity (Wildman–Crippen MR) is 43.3 cm³/mol. The van der Waals surface area contributed by atoms with E-state index in [1.807, 2.05) is 0 Å². The molecule has 0 spiro atoms. The molecule has 0 atom stereocenters. The molecule has 0 radical (unpaired) electrons. The van der Waals surface area contributed by atoms with Gasteiger partial charge in [-0.3, -0.25) is 0 Å². The van der Waals surface area contributed by atoms with Crippen molar-refractivity contribution in [2.75, 3.05) is 7.11 Å². The Morgan fingerprint density at radius 2 is 1.77 bits per heavy atom. The fourth-order valence-electron chi connectivity index (χ4n) is 0.931. The number of hydrogen-bond acceptors (Lipinski definition) is 4. The van der Waals surface area contributed by atoms with Crippen LogP contribution in [0.1, 0.15) is 10.4 Å². The van der Waals surface area contributed by atoms with Crippen LogP contribution in [-0.2, 0) is 0 Å². The van der Waals surface area contributed by atoms with E-state index >= 15 is 0 Å². The molecule has 0 amide bonds. The maximum Gasteiger partial charge on any atom is 0.335 e. The molecule has 5 heteroatoms. The molecule has 0 unspecified atom stereocenters. The quantitative estimate of drug-likeness (QED) is 0.632. The Kier molecular flexibility index (Phi) is 2.27. The third kappa shape index (κ3) is 1.64. The zero-order chi connectivity index (χ0) is 10.0. The summed E-state index contributed by atoms with van der Waals surface area (Å²) in [5, 5.41) is 26.9. The van der Waals surface area contributed by atoms with Crippen LogP contribution in [0.4, 0.5) is 0 Å². The maximum atomic E-state index is 10.4. The Morgan fingerprint density at radius 1 is 1.31 bits per heavy atom. The van der Waals surface area contributed by atoms with Gasteiger partial charge in [0.05, 0.1) is 12.7 Å². The summed E-state index contributed by atoms with van der Waals surface area (Å²) in [5.41, 5.74) is -0.198. The van der Waals surface area contributed by atoms with Crippen molar-refractivity contribution in [1.29, 1.82) is 0 Å². The summed E-state index contributed by atoms with van der Waals surface area (Å²) >= 11 is 0. The molecule has 1 rings (SSSR count). The molecule has 0 aromatic heterocycles. The number of ether oxygens (including phenoxy) is 1. The van der Waals surface area contributed by atoms with Crippen molar-refractivity contribution in [3.8, 4) is 17.2 Å². The number of carboxylic acids is 1. The zero-order valence-corrected chi connectivity index (χ0v) is 6.81. The number of aromatic carboxylic acids is 1. The van der Waals surface area contributed by atoms with Crippen LogP contribution in [-0.4, -0.2) is 28.4 Å². The van der Waals surface area contributed by atoms with Gasteiger partial charge >= 0.3 is 5.97 Å².